The molecule has 6 nitrogen and oxygen atoms in total. The summed E-state index contributed by atoms with van der Waals surface area (Å²) in [5, 5.41) is 19.8. The molecule has 1 unspecified atom stereocenters. The first-order valence-electron chi connectivity index (χ1n) is 8.33. The van der Waals surface area contributed by atoms with Crippen LogP contribution in [0.1, 0.15) is 23.9 Å². The summed E-state index contributed by atoms with van der Waals surface area (Å²) >= 11 is 0. The normalized spacial score (nSPS) is 12.6. The number of pyridine rings is 2. The van der Waals surface area contributed by atoms with E-state index in [0.29, 0.717) is 35.0 Å². The van der Waals surface area contributed by atoms with Crippen molar-refractivity contribution in [3.63, 3.8) is 0 Å². The predicted molar refractivity (Wildman–Crippen MR) is 100 cm³/mol. The molecule has 3 aromatic rings. The molecule has 6 heteroatoms. The fourth-order valence-corrected chi connectivity index (χ4v) is 2.97. The molecule has 0 aliphatic carbocycles. The fourth-order valence-electron chi connectivity index (χ4n) is 2.97. The second-order valence-corrected chi connectivity index (χ2v) is 6.35. The lowest BCUT2D eigenvalue weighted by atomic mass is 9.79. The van der Waals surface area contributed by atoms with Gasteiger partial charge in [-0.1, -0.05) is 18.2 Å². The first-order valence-corrected chi connectivity index (χ1v) is 8.33. The lowest BCUT2D eigenvalue weighted by Gasteiger charge is -2.22. The van der Waals surface area contributed by atoms with Gasteiger partial charge in [-0.15, -0.1) is 0 Å². The highest BCUT2D eigenvalue weighted by Gasteiger charge is 2.28. The van der Waals surface area contributed by atoms with Crippen LogP contribution in [0.3, 0.4) is 0 Å². The zero-order chi connectivity index (χ0) is 19.4. The minimum Gasteiger partial charge on any atom is -0.491 e. The average Bonchev–Trinajstić information content (AvgIpc) is 2.72. The van der Waals surface area contributed by atoms with Crippen molar-refractivity contribution in [1.82, 2.24) is 9.97 Å². The molecule has 0 aliphatic heterocycles. The Morgan fingerprint density at radius 3 is 2.52 bits per heavy atom. The largest absolute Gasteiger partial charge is 0.491 e. The molecule has 2 heterocycles. The van der Waals surface area contributed by atoms with Crippen LogP contribution in [-0.4, -0.2) is 24.2 Å². The van der Waals surface area contributed by atoms with E-state index >= 15 is 0 Å². The minimum absolute atomic E-state index is 0.338. The van der Waals surface area contributed by atoms with Crippen LogP contribution in [0.25, 0.3) is 10.9 Å². The highest BCUT2D eigenvalue weighted by Crippen LogP contribution is 2.33. The van der Waals surface area contributed by atoms with Crippen LogP contribution in [0.2, 0.25) is 0 Å². The summed E-state index contributed by atoms with van der Waals surface area (Å²) in [6.07, 6.45) is 0.387. The van der Waals surface area contributed by atoms with Crippen LogP contribution >= 0.6 is 0 Å². The topological polar surface area (TPSA) is 91.8 Å². The Morgan fingerprint density at radius 2 is 1.85 bits per heavy atom. The second kappa shape index (κ2) is 7.31. The number of fused-ring (bicyclic) bond motifs is 1. The number of hydrogen-bond donors (Lipinski definition) is 0. The summed E-state index contributed by atoms with van der Waals surface area (Å²) in [4.78, 5) is 8.79. The molecular formula is C21H18N4O2. The van der Waals surface area contributed by atoms with Gasteiger partial charge in [0.25, 0.3) is 5.88 Å². The Balaban J connectivity index is 2.05. The van der Waals surface area contributed by atoms with Crippen molar-refractivity contribution in [2.24, 2.45) is 0 Å². The van der Waals surface area contributed by atoms with E-state index in [-0.39, 0.29) is 0 Å². The number of ether oxygens (including phenoxy) is 2. The Hall–Kier alpha value is -3.64. The molecule has 0 N–H and O–H groups in total. The quantitative estimate of drug-likeness (QED) is 0.693. The SMILES string of the molecule is COc1cc2ccc(C(C)(C#N)Cc3cccc(C#N)n3)cc2nc1OC. The molecular weight excluding hydrogens is 340 g/mol. The number of methoxy groups -OCH3 is 2. The van der Waals surface area contributed by atoms with Crippen LogP contribution < -0.4 is 9.47 Å². The predicted octanol–water partition coefficient (Wildman–Crippen LogP) is 3.54. The van der Waals surface area contributed by atoms with Gasteiger partial charge in [0.2, 0.25) is 0 Å². The van der Waals surface area contributed by atoms with Gasteiger partial charge in [0.15, 0.2) is 5.75 Å². The van der Waals surface area contributed by atoms with Crippen LogP contribution in [0.15, 0.2) is 42.5 Å². The molecule has 1 atom stereocenters. The monoisotopic (exact) mass is 358 g/mol. The minimum atomic E-state index is -0.815. The summed E-state index contributed by atoms with van der Waals surface area (Å²) in [6, 6.07) is 17.2. The Kier molecular flexibility index (Phi) is 4.92. The van der Waals surface area contributed by atoms with Crippen molar-refractivity contribution >= 4 is 10.9 Å². The maximum absolute atomic E-state index is 9.87. The van der Waals surface area contributed by atoms with Crippen LogP contribution in [0.4, 0.5) is 0 Å². The number of rotatable bonds is 5. The van der Waals surface area contributed by atoms with E-state index in [1.165, 1.54) is 7.11 Å². The highest BCUT2D eigenvalue weighted by molar-refractivity contribution is 5.82. The first kappa shape index (κ1) is 18.2. The molecule has 0 fully saturated rings. The van der Waals surface area contributed by atoms with Gasteiger partial charge in [-0.05, 0) is 36.8 Å². The fraction of sp³-hybridized carbons (Fsp3) is 0.238. The molecule has 0 aliphatic rings. The Labute approximate surface area is 157 Å². The third-order valence-electron chi connectivity index (χ3n) is 4.50. The standard InChI is InChI=1S/C21H18N4O2/c1-21(13-23,11-16-5-4-6-17(12-22)24-16)15-8-7-14-9-19(26-2)20(27-3)25-18(14)10-15/h4-10H,11H2,1-3H3. The van der Waals surface area contributed by atoms with Crippen molar-refractivity contribution in [2.45, 2.75) is 18.8 Å². The van der Waals surface area contributed by atoms with Crippen LogP contribution in [0, 0.1) is 22.7 Å². The zero-order valence-electron chi connectivity index (χ0n) is 15.4. The second-order valence-electron chi connectivity index (χ2n) is 6.35. The third-order valence-corrected chi connectivity index (χ3v) is 4.50. The highest BCUT2D eigenvalue weighted by atomic mass is 16.5. The summed E-state index contributed by atoms with van der Waals surface area (Å²) < 4.78 is 10.6. The molecule has 0 spiro atoms. The van der Waals surface area contributed by atoms with Gasteiger partial charge in [-0.25, -0.2) is 9.97 Å². The van der Waals surface area contributed by atoms with Crippen LogP contribution in [-0.2, 0) is 11.8 Å². The van der Waals surface area contributed by atoms with E-state index in [0.717, 1.165) is 10.9 Å². The Morgan fingerprint density at radius 1 is 1.04 bits per heavy atom. The molecule has 1 aromatic carbocycles. The van der Waals surface area contributed by atoms with Gasteiger partial charge < -0.3 is 9.47 Å². The summed E-state index contributed by atoms with van der Waals surface area (Å²) in [6.45, 7) is 1.86. The molecule has 27 heavy (non-hydrogen) atoms. The Bertz CT molecular complexity index is 1080. The van der Waals surface area contributed by atoms with E-state index < -0.39 is 5.41 Å². The van der Waals surface area contributed by atoms with E-state index in [2.05, 4.69) is 16.0 Å². The molecule has 0 saturated carbocycles. The van der Waals surface area contributed by atoms with Gasteiger partial charge in [-0.2, -0.15) is 10.5 Å². The summed E-state index contributed by atoms with van der Waals surface area (Å²) in [7, 11) is 3.10. The molecule has 0 saturated heterocycles. The molecule has 3 rings (SSSR count). The van der Waals surface area contributed by atoms with Gasteiger partial charge in [-0.3, -0.25) is 0 Å². The number of aromatic nitrogens is 2. The maximum Gasteiger partial charge on any atom is 0.257 e. The van der Waals surface area contributed by atoms with Crippen molar-refractivity contribution in [3.8, 4) is 23.8 Å². The smallest absolute Gasteiger partial charge is 0.257 e. The summed E-state index contributed by atoms with van der Waals surface area (Å²) in [5.41, 5.74) is 1.75. The van der Waals surface area contributed by atoms with Crippen LogP contribution in [0.5, 0.6) is 11.6 Å². The lowest BCUT2D eigenvalue weighted by molar-refractivity contribution is 0.344. The van der Waals surface area contributed by atoms with E-state index in [1.54, 1.807) is 19.2 Å². The molecule has 134 valence electrons. The third kappa shape index (κ3) is 3.51. The van der Waals surface area contributed by atoms with Crippen molar-refractivity contribution in [1.29, 1.82) is 10.5 Å². The number of nitriles is 2. The van der Waals surface area contributed by atoms with E-state index in [4.69, 9.17) is 14.7 Å². The van der Waals surface area contributed by atoms with Gasteiger partial charge >= 0.3 is 0 Å². The van der Waals surface area contributed by atoms with Gasteiger partial charge in [0.1, 0.15) is 11.8 Å². The molecule has 0 bridgehead atoms. The molecule has 2 aromatic heterocycles. The average molecular weight is 358 g/mol. The van der Waals surface area contributed by atoms with E-state index in [9.17, 15) is 5.26 Å². The lowest BCUT2D eigenvalue weighted by Crippen LogP contribution is -2.23. The summed E-state index contributed by atoms with van der Waals surface area (Å²) in [5.74, 6) is 0.947. The molecule has 0 amide bonds. The maximum atomic E-state index is 9.87. The van der Waals surface area contributed by atoms with Crippen molar-refractivity contribution in [3.05, 3.63) is 59.4 Å². The van der Waals surface area contributed by atoms with Crippen molar-refractivity contribution in [2.75, 3.05) is 14.2 Å². The van der Waals surface area contributed by atoms with Crippen molar-refractivity contribution < 1.29 is 9.47 Å². The number of nitrogens with zero attached hydrogens (tertiary/aromatic N) is 4. The first-order chi connectivity index (χ1) is 13.0. The van der Waals surface area contributed by atoms with Gasteiger partial charge in [0.05, 0.1) is 31.2 Å². The number of hydrogen-bond acceptors (Lipinski definition) is 6. The van der Waals surface area contributed by atoms with E-state index in [1.807, 2.05) is 43.3 Å². The zero-order valence-corrected chi connectivity index (χ0v) is 15.4. The number of benzene rings is 1. The van der Waals surface area contributed by atoms with Gasteiger partial charge in [0, 0.05) is 17.5 Å². The molecule has 0 radical (unpaired) electrons.